The Morgan fingerprint density at radius 1 is 1.37 bits per heavy atom. The van der Waals surface area contributed by atoms with Crippen molar-refractivity contribution in [2.45, 2.75) is 44.6 Å². The average Bonchev–Trinajstić information content (AvgIpc) is 2.25. The topological polar surface area (TPSA) is 66.4 Å². The van der Waals surface area contributed by atoms with Gasteiger partial charge in [-0.15, -0.1) is 0 Å². The quantitative estimate of drug-likeness (QED) is 0.841. The minimum atomic E-state index is -3.56. The van der Waals surface area contributed by atoms with Crippen LogP contribution in [0.5, 0.6) is 0 Å². The van der Waals surface area contributed by atoms with E-state index >= 15 is 0 Å². The molecule has 0 saturated carbocycles. The van der Waals surface area contributed by atoms with E-state index in [2.05, 4.69) is 4.72 Å². The fourth-order valence-electron chi connectivity index (χ4n) is 2.07. The SMILES string of the molecule is Cc1cccc(S(=O)(=O)NCC(C)(O)CC(C)C)c1. The van der Waals surface area contributed by atoms with E-state index in [4.69, 9.17) is 0 Å². The maximum atomic E-state index is 12.1. The van der Waals surface area contributed by atoms with Crippen molar-refractivity contribution in [3.8, 4) is 0 Å². The lowest BCUT2D eigenvalue weighted by atomic mass is 9.95. The predicted molar refractivity (Wildman–Crippen MR) is 76.4 cm³/mol. The Morgan fingerprint density at radius 2 is 2.00 bits per heavy atom. The molecule has 0 fully saturated rings. The first-order valence-corrected chi connectivity index (χ1v) is 7.89. The number of hydrogen-bond acceptors (Lipinski definition) is 3. The molecule has 1 unspecified atom stereocenters. The highest BCUT2D eigenvalue weighted by Crippen LogP contribution is 2.17. The van der Waals surface area contributed by atoms with Gasteiger partial charge in [-0.1, -0.05) is 26.0 Å². The molecule has 0 amide bonds. The molecule has 0 radical (unpaired) electrons. The molecule has 0 saturated heterocycles. The maximum Gasteiger partial charge on any atom is 0.240 e. The summed E-state index contributed by atoms with van der Waals surface area (Å²) in [4.78, 5) is 0.229. The summed E-state index contributed by atoms with van der Waals surface area (Å²) in [6.07, 6.45) is 0.545. The summed E-state index contributed by atoms with van der Waals surface area (Å²) in [5.74, 6) is 0.304. The second kappa shape index (κ2) is 6.03. The highest BCUT2D eigenvalue weighted by Gasteiger charge is 2.25. The molecule has 2 N–H and O–H groups in total. The summed E-state index contributed by atoms with van der Waals surface area (Å²) in [5.41, 5.74) is -0.151. The Hall–Kier alpha value is -0.910. The Kier molecular flexibility index (Phi) is 5.12. The molecule has 0 bridgehead atoms. The molecule has 0 aromatic heterocycles. The van der Waals surface area contributed by atoms with Crippen molar-refractivity contribution in [3.63, 3.8) is 0 Å². The maximum absolute atomic E-state index is 12.1. The van der Waals surface area contributed by atoms with E-state index in [9.17, 15) is 13.5 Å². The van der Waals surface area contributed by atoms with Crippen molar-refractivity contribution in [3.05, 3.63) is 29.8 Å². The van der Waals surface area contributed by atoms with Gasteiger partial charge in [0.05, 0.1) is 10.5 Å². The fourth-order valence-corrected chi connectivity index (χ4v) is 3.33. The van der Waals surface area contributed by atoms with Crippen LogP contribution in [-0.2, 0) is 10.0 Å². The number of rotatable bonds is 6. The lowest BCUT2D eigenvalue weighted by Gasteiger charge is -2.25. The summed E-state index contributed by atoms with van der Waals surface area (Å²) >= 11 is 0. The van der Waals surface area contributed by atoms with Crippen molar-refractivity contribution in [2.75, 3.05) is 6.54 Å². The van der Waals surface area contributed by atoms with Crippen LogP contribution in [0.15, 0.2) is 29.2 Å². The molecule has 1 rings (SSSR count). The van der Waals surface area contributed by atoms with E-state index in [0.29, 0.717) is 12.3 Å². The lowest BCUT2D eigenvalue weighted by molar-refractivity contribution is 0.0437. The first-order valence-electron chi connectivity index (χ1n) is 6.41. The van der Waals surface area contributed by atoms with Crippen LogP contribution >= 0.6 is 0 Å². The highest BCUT2D eigenvalue weighted by molar-refractivity contribution is 7.89. The van der Waals surface area contributed by atoms with E-state index in [1.54, 1.807) is 25.1 Å². The van der Waals surface area contributed by atoms with E-state index < -0.39 is 15.6 Å². The number of sulfonamides is 1. The van der Waals surface area contributed by atoms with Gasteiger partial charge in [0.1, 0.15) is 0 Å². The normalized spacial score (nSPS) is 15.5. The molecule has 5 heteroatoms. The standard InChI is InChI=1S/C14H23NO3S/c1-11(2)9-14(4,16)10-15-19(17,18)13-7-5-6-12(3)8-13/h5-8,11,15-16H,9-10H2,1-4H3. The molecular formula is C14H23NO3S. The van der Waals surface area contributed by atoms with Crippen LogP contribution in [-0.4, -0.2) is 25.7 Å². The van der Waals surface area contributed by atoms with Crippen molar-refractivity contribution >= 4 is 10.0 Å². The smallest absolute Gasteiger partial charge is 0.240 e. The third-order valence-corrected chi connectivity index (χ3v) is 4.19. The Bertz CT molecular complexity index is 521. The average molecular weight is 285 g/mol. The number of hydrogen-bond donors (Lipinski definition) is 2. The summed E-state index contributed by atoms with van der Waals surface area (Å²) < 4.78 is 26.7. The van der Waals surface area contributed by atoms with E-state index in [0.717, 1.165) is 5.56 Å². The molecule has 19 heavy (non-hydrogen) atoms. The molecule has 1 aromatic carbocycles. The number of nitrogens with one attached hydrogen (secondary N) is 1. The Balaban J connectivity index is 2.76. The van der Waals surface area contributed by atoms with Crippen molar-refractivity contribution in [1.29, 1.82) is 0 Å². The van der Waals surface area contributed by atoms with Crippen LogP contribution in [0.1, 0.15) is 32.8 Å². The van der Waals surface area contributed by atoms with Crippen molar-refractivity contribution in [1.82, 2.24) is 4.72 Å². The minimum absolute atomic E-state index is 0.0153. The summed E-state index contributed by atoms with van der Waals surface area (Å²) in [7, 11) is -3.56. The second-order valence-electron chi connectivity index (χ2n) is 5.74. The van der Waals surface area contributed by atoms with Gasteiger partial charge in [0.15, 0.2) is 0 Å². The van der Waals surface area contributed by atoms with Gasteiger partial charge in [0.25, 0.3) is 0 Å². The monoisotopic (exact) mass is 285 g/mol. The molecule has 0 spiro atoms. The fraction of sp³-hybridized carbons (Fsp3) is 0.571. The first-order chi connectivity index (χ1) is 8.62. The highest BCUT2D eigenvalue weighted by atomic mass is 32.2. The van der Waals surface area contributed by atoms with E-state index in [1.807, 2.05) is 26.8 Å². The Labute approximate surface area is 115 Å². The number of aliphatic hydroxyl groups is 1. The van der Waals surface area contributed by atoms with Crippen LogP contribution in [0.25, 0.3) is 0 Å². The molecule has 0 aliphatic carbocycles. The molecule has 1 aromatic rings. The van der Waals surface area contributed by atoms with Gasteiger partial charge in [-0.05, 0) is 43.9 Å². The third kappa shape index (κ3) is 5.30. The zero-order valence-corrected chi connectivity index (χ0v) is 12.8. The number of aryl methyl sites for hydroxylation is 1. The van der Waals surface area contributed by atoms with Crippen LogP contribution < -0.4 is 4.72 Å². The Morgan fingerprint density at radius 3 is 2.53 bits per heavy atom. The molecule has 4 nitrogen and oxygen atoms in total. The summed E-state index contributed by atoms with van der Waals surface area (Å²) in [5, 5.41) is 10.1. The van der Waals surface area contributed by atoms with Crippen molar-refractivity contribution < 1.29 is 13.5 Å². The van der Waals surface area contributed by atoms with Gasteiger partial charge >= 0.3 is 0 Å². The van der Waals surface area contributed by atoms with Crippen LogP contribution in [0.3, 0.4) is 0 Å². The summed E-state index contributed by atoms with van der Waals surface area (Å²) in [6.45, 7) is 7.48. The van der Waals surface area contributed by atoms with Gasteiger partial charge in [0, 0.05) is 6.54 Å². The van der Waals surface area contributed by atoms with Crippen LogP contribution in [0.4, 0.5) is 0 Å². The molecule has 0 heterocycles. The molecule has 0 aliphatic heterocycles. The molecule has 0 aliphatic rings. The largest absolute Gasteiger partial charge is 0.389 e. The molecule has 1 atom stereocenters. The van der Waals surface area contributed by atoms with Gasteiger partial charge in [-0.2, -0.15) is 0 Å². The predicted octanol–water partition coefficient (Wildman–Crippen LogP) is 2.07. The van der Waals surface area contributed by atoms with Gasteiger partial charge < -0.3 is 5.11 Å². The molecular weight excluding hydrogens is 262 g/mol. The number of benzene rings is 1. The third-order valence-electron chi connectivity index (χ3n) is 2.79. The van der Waals surface area contributed by atoms with Gasteiger partial charge in [-0.3, -0.25) is 0 Å². The van der Waals surface area contributed by atoms with E-state index in [1.165, 1.54) is 0 Å². The zero-order chi connectivity index (χ0) is 14.7. The second-order valence-corrected chi connectivity index (χ2v) is 7.50. The van der Waals surface area contributed by atoms with Crippen LogP contribution in [0, 0.1) is 12.8 Å². The minimum Gasteiger partial charge on any atom is -0.389 e. The van der Waals surface area contributed by atoms with Crippen LogP contribution in [0.2, 0.25) is 0 Å². The zero-order valence-electron chi connectivity index (χ0n) is 12.0. The van der Waals surface area contributed by atoms with Gasteiger partial charge in [0.2, 0.25) is 10.0 Å². The summed E-state index contributed by atoms with van der Waals surface area (Å²) in [6, 6.07) is 6.70. The van der Waals surface area contributed by atoms with Gasteiger partial charge in [-0.25, -0.2) is 13.1 Å². The van der Waals surface area contributed by atoms with E-state index in [-0.39, 0.29) is 11.4 Å². The molecule has 108 valence electrons. The van der Waals surface area contributed by atoms with Crippen molar-refractivity contribution in [2.24, 2.45) is 5.92 Å². The lowest BCUT2D eigenvalue weighted by Crippen LogP contribution is -2.41. The first kappa shape index (κ1) is 16.1.